The first-order chi connectivity index (χ1) is 9.72. The van der Waals surface area contributed by atoms with E-state index in [1.165, 1.54) is 0 Å². The summed E-state index contributed by atoms with van der Waals surface area (Å²) in [6.45, 7) is 9.56. The van der Waals surface area contributed by atoms with Crippen molar-refractivity contribution in [2.45, 2.75) is 6.54 Å². The number of benzene rings is 1. The smallest absolute Gasteiger partial charge is 0.241 e. The second kappa shape index (κ2) is 7.17. The molecule has 0 N–H and O–H groups in total. The number of aromatic nitrogens is 2. The molecule has 0 unspecified atom stereocenters. The average molecular weight is 334 g/mol. The third kappa shape index (κ3) is 3.88. The van der Waals surface area contributed by atoms with Crippen molar-refractivity contribution in [3.05, 3.63) is 59.9 Å². The van der Waals surface area contributed by atoms with Gasteiger partial charge in [-0.25, -0.2) is 0 Å². The van der Waals surface area contributed by atoms with Crippen molar-refractivity contribution in [1.29, 1.82) is 0 Å². The minimum atomic E-state index is 0.582. The second-order valence-electron chi connectivity index (χ2n) is 4.29. The molecule has 1 aromatic heterocycles. The fourth-order valence-electron chi connectivity index (χ4n) is 1.82. The van der Waals surface area contributed by atoms with Crippen LogP contribution in [0.25, 0.3) is 11.4 Å². The molecule has 5 heteroatoms. The van der Waals surface area contributed by atoms with Crippen LogP contribution in [0.2, 0.25) is 0 Å². The lowest BCUT2D eigenvalue weighted by molar-refractivity contribution is 0.266. The molecule has 1 aromatic carbocycles. The number of hydrogen-bond acceptors (Lipinski definition) is 4. The van der Waals surface area contributed by atoms with Gasteiger partial charge in [-0.3, -0.25) is 4.90 Å². The molecule has 2 rings (SSSR count). The van der Waals surface area contributed by atoms with Crippen molar-refractivity contribution in [1.82, 2.24) is 15.0 Å². The first kappa shape index (κ1) is 14.7. The van der Waals surface area contributed by atoms with Gasteiger partial charge in [0.05, 0.1) is 6.54 Å². The molecule has 0 amide bonds. The van der Waals surface area contributed by atoms with Crippen LogP contribution in [0.1, 0.15) is 5.89 Å². The van der Waals surface area contributed by atoms with Gasteiger partial charge in [-0.1, -0.05) is 45.4 Å². The number of halogens is 1. The zero-order chi connectivity index (χ0) is 14.4. The van der Waals surface area contributed by atoms with E-state index in [-0.39, 0.29) is 0 Å². The van der Waals surface area contributed by atoms with Crippen molar-refractivity contribution in [3.63, 3.8) is 0 Å². The fraction of sp³-hybridized carbons (Fsp3) is 0.200. The topological polar surface area (TPSA) is 42.2 Å². The maximum atomic E-state index is 5.30. The van der Waals surface area contributed by atoms with Crippen LogP contribution in [-0.4, -0.2) is 28.1 Å². The molecule has 0 fully saturated rings. The monoisotopic (exact) mass is 333 g/mol. The molecule has 0 spiro atoms. The molecule has 0 saturated carbocycles. The summed E-state index contributed by atoms with van der Waals surface area (Å²) in [6, 6.07) is 7.81. The summed E-state index contributed by atoms with van der Waals surface area (Å²) in [4.78, 5) is 6.53. The van der Waals surface area contributed by atoms with Crippen LogP contribution < -0.4 is 0 Å². The van der Waals surface area contributed by atoms with Gasteiger partial charge in [0.15, 0.2) is 0 Å². The molecule has 0 saturated heterocycles. The van der Waals surface area contributed by atoms with Crippen LogP contribution in [0.3, 0.4) is 0 Å². The van der Waals surface area contributed by atoms with Gasteiger partial charge in [0.25, 0.3) is 0 Å². The lowest BCUT2D eigenvalue weighted by Crippen LogP contribution is -2.23. The average Bonchev–Trinajstić information content (AvgIpc) is 2.88. The second-order valence-corrected chi connectivity index (χ2v) is 5.21. The quantitative estimate of drug-likeness (QED) is 0.725. The molecular formula is C15H16BrN3O. The van der Waals surface area contributed by atoms with Crippen LogP contribution in [0.5, 0.6) is 0 Å². The van der Waals surface area contributed by atoms with E-state index in [9.17, 15) is 0 Å². The first-order valence-corrected chi connectivity index (χ1v) is 7.05. The van der Waals surface area contributed by atoms with Crippen molar-refractivity contribution in [3.8, 4) is 11.4 Å². The van der Waals surface area contributed by atoms with Crippen LogP contribution in [0.15, 0.2) is 58.6 Å². The maximum absolute atomic E-state index is 5.30. The highest BCUT2D eigenvalue weighted by Crippen LogP contribution is 2.20. The Hall–Kier alpha value is -1.72. The van der Waals surface area contributed by atoms with Crippen molar-refractivity contribution >= 4 is 15.9 Å². The van der Waals surface area contributed by atoms with Crippen molar-refractivity contribution in [2.24, 2.45) is 0 Å². The van der Waals surface area contributed by atoms with Crippen molar-refractivity contribution < 1.29 is 4.52 Å². The Labute approximate surface area is 126 Å². The summed E-state index contributed by atoms with van der Waals surface area (Å²) in [5, 5.41) is 4.02. The summed E-state index contributed by atoms with van der Waals surface area (Å²) in [5.74, 6) is 1.18. The van der Waals surface area contributed by atoms with Gasteiger partial charge in [-0.2, -0.15) is 4.98 Å². The van der Waals surface area contributed by atoms with E-state index in [2.05, 4.69) is 44.1 Å². The SMILES string of the molecule is C=CCN(CC=C)Cc1nc(-c2cccc(Br)c2)no1. The largest absolute Gasteiger partial charge is 0.338 e. The third-order valence-electron chi connectivity index (χ3n) is 2.68. The first-order valence-electron chi connectivity index (χ1n) is 6.25. The standard InChI is InChI=1S/C15H16BrN3O/c1-3-8-19(9-4-2)11-14-17-15(18-20-14)12-6-5-7-13(16)10-12/h3-7,10H,1-2,8-9,11H2. The lowest BCUT2D eigenvalue weighted by Gasteiger charge is -2.15. The molecule has 0 aliphatic heterocycles. The van der Waals surface area contributed by atoms with Crippen LogP contribution in [-0.2, 0) is 6.54 Å². The van der Waals surface area contributed by atoms with E-state index in [1.807, 2.05) is 36.4 Å². The molecule has 4 nitrogen and oxygen atoms in total. The number of hydrogen-bond donors (Lipinski definition) is 0. The maximum Gasteiger partial charge on any atom is 0.241 e. The van der Waals surface area contributed by atoms with Gasteiger partial charge in [0, 0.05) is 23.1 Å². The Morgan fingerprint density at radius 1 is 1.25 bits per heavy atom. The van der Waals surface area contributed by atoms with Gasteiger partial charge < -0.3 is 4.52 Å². The van der Waals surface area contributed by atoms with Crippen LogP contribution in [0.4, 0.5) is 0 Å². The van der Waals surface area contributed by atoms with Crippen LogP contribution in [0, 0.1) is 0 Å². The Morgan fingerprint density at radius 3 is 2.65 bits per heavy atom. The molecule has 0 radical (unpaired) electrons. The lowest BCUT2D eigenvalue weighted by atomic mass is 10.2. The van der Waals surface area contributed by atoms with E-state index in [0.29, 0.717) is 18.3 Å². The minimum absolute atomic E-state index is 0.582. The molecule has 0 aliphatic carbocycles. The molecule has 104 valence electrons. The minimum Gasteiger partial charge on any atom is -0.338 e. The number of rotatable bonds is 7. The molecule has 2 aromatic rings. The van der Waals surface area contributed by atoms with Gasteiger partial charge in [0.1, 0.15) is 0 Å². The van der Waals surface area contributed by atoms with E-state index in [4.69, 9.17) is 4.52 Å². The highest BCUT2D eigenvalue weighted by Gasteiger charge is 2.11. The normalized spacial score (nSPS) is 10.7. The van der Waals surface area contributed by atoms with E-state index >= 15 is 0 Å². The molecule has 20 heavy (non-hydrogen) atoms. The Balaban J connectivity index is 2.12. The third-order valence-corrected chi connectivity index (χ3v) is 3.18. The van der Waals surface area contributed by atoms with Gasteiger partial charge in [-0.15, -0.1) is 13.2 Å². The van der Waals surface area contributed by atoms with Gasteiger partial charge in [0.2, 0.25) is 11.7 Å². The van der Waals surface area contributed by atoms with E-state index in [0.717, 1.165) is 23.1 Å². The van der Waals surface area contributed by atoms with E-state index in [1.54, 1.807) is 0 Å². The molecule has 0 atom stereocenters. The molecular weight excluding hydrogens is 318 g/mol. The molecule has 0 bridgehead atoms. The van der Waals surface area contributed by atoms with Gasteiger partial charge >= 0.3 is 0 Å². The Morgan fingerprint density at radius 2 is 2.00 bits per heavy atom. The van der Waals surface area contributed by atoms with Crippen molar-refractivity contribution in [2.75, 3.05) is 13.1 Å². The number of nitrogens with zero attached hydrogens (tertiary/aromatic N) is 3. The van der Waals surface area contributed by atoms with E-state index < -0.39 is 0 Å². The Kier molecular flexibility index (Phi) is 5.26. The highest BCUT2D eigenvalue weighted by atomic mass is 79.9. The molecule has 0 aliphatic rings. The zero-order valence-electron chi connectivity index (χ0n) is 11.1. The van der Waals surface area contributed by atoms with Crippen LogP contribution >= 0.6 is 15.9 Å². The molecule has 1 heterocycles. The zero-order valence-corrected chi connectivity index (χ0v) is 12.7. The summed E-state index contributed by atoms with van der Waals surface area (Å²) >= 11 is 3.43. The summed E-state index contributed by atoms with van der Waals surface area (Å²) in [6.07, 6.45) is 3.68. The summed E-state index contributed by atoms with van der Waals surface area (Å²) in [5.41, 5.74) is 0.924. The summed E-state index contributed by atoms with van der Waals surface area (Å²) < 4.78 is 6.28. The Bertz CT molecular complexity index is 584. The predicted octanol–water partition coefficient (Wildman–Crippen LogP) is 3.67. The predicted molar refractivity (Wildman–Crippen MR) is 83.1 cm³/mol. The highest BCUT2D eigenvalue weighted by molar-refractivity contribution is 9.10. The van der Waals surface area contributed by atoms with Gasteiger partial charge in [-0.05, 0) is 12.1 Å². The summed E-state index contributed by atoms with van der Waals surface area (Å²) in [7, 11) is 0. The fourth-order valence-corrected chi connectivity index (χ4v) is 2.22.